The first-order valence-corrected chi connectivity index (χ1v) is 5.47. The smallest absolute Gasteiger partial charge is 0.322 e. The third kappa shape index (κ3) is 2.03. The van der Waals surface area contributed by atoms with Gasteiger partial charge in [0, 0.05) is 6.20 Å². The van der Waals surface area contributed by atoms with Gasteiger partial charge in [0.2, 0.25) is 0 Å². The Morgan fingerprint density at radius 1 is 1.25 bits per heavy atom. The molecule has 1 atom stereocenters. The van der Waals surface area contributed by atoms with Gasteiger partial charge in [0.15, 0.2) is 0 Å². The van der Waals surface area contributed by atoms with Crippen LogP contribution >= 0.6 is 11.8 Å². The molecule has 0 bridgehead atoms. The predicted molar refractivity (Wildman–Crippen MR) is 58.6 cm³/mol. The largest absolute Gasteiger partial charge is 0.418 e. The molecule has 1 aromatic carbocycles. The van der Waals surface area contributed by atoms with Crippen molar-refractivity contribution < 1.29 is 13.2 Å². The van der Waals surface area contributed by atoms with Crippen LogP contribution in [0.2, 0.25) is 0 Å². The molecule has 6 heteroatoms. The Morgan fingerprint density at radius 3 is 2.50 bits per heavy atom. The lowest BCUT2D eigenvalue weighted by atomic mass is 10.1. The van der Waals surface area contributed by atoms with E-state index in [0.29, 0.717) is 0 Å². The van der Waals surface area contributed by atoms with Crippen LogP contribution in [0, 0.1) is 0 Å². The van der Waals surface area contributed by atoms with Gasteiger partial charge in [-0.2, -0.15) is 13.2 Å². The number of benzene rings is 1. The van der Waals surface area contributed by atoms with E-state index >= 15 is 0 Å². The molecule has 2 N–H and O–H groups in total. The van der Waals surface area contributed by atoms with E-state index in [1.165, 1.54) is 28.8 Å². The second kappa shape index (κ2) is 4.03. The van der Waals surface area contributed by atoms with Crippen LogP contribution in [0.5, 0.6) is 0 Å². The predicted octanol–water partition coefficient (Wildman–Crippen LogP) is 2.97. The Balaban J connectivity index is 2.44. The number of rotatable bonds is 1. The van der Waals surface area contributed by atoms with Gasteiger partial charge in [-0.3, -0.25) is 0 Å². The maximum Gasteiger partial charge on any atom is 0.418 e. The molecule has 1 unspecified atom stereocenters. The highest BCUT2D eigenvalue weighted by molar-refractivity contribution is 8.03. The summed E-state index contributed by atoms with van der Waals surface area (Å²) in [4.78, 5) is 1.41. The molecule has 0 saturated carbocycles. The summed E-state index contributed by atoms with van der Waals surface area (Å²) < 4.78 is 38.2. The molecular formula is C10H9F3N2S. The zero-order valence-corrected chi connectivity index (χ0v) is 8.92. The van der Waals surface area contributed by atoms with Crippen molar-refractivity contribution in [2.75, 3.05) is 4.90 Å². The van der Waals surface area contributed by atoms with E-state index in [9.17, 15) is 13.2 Å². The van der Waals surface area contributed by atoms with Crippen molar-refractivity contribution in [2.24, 2.45) is 5.73 Å². The number of hydrogen-bond donors (Lipinski definition) is 1. The average Bonchev–Trinajstić information content (AvgIpc) is 2.63. The molecule has 1 heterocycles. The monoisotopic (exact) mass is 246 g/mol. The number of hydrogen-bond acceptors (Lipinski definition) is 3. The standard InChI is InChI=1S/C10H9F3N2S/c11-10(12,13)7-3-1-2-4-8(7)15-5-6-16-9(15)14/h1-6,9H,14H2. The fraction of sp³-hybridized carbons (Fsp3) is 0.200. The van der Waals surface area contributed by atoms with E-state index in [1.807, 2.05) is 0 Å². The van der Waals surface area contributed by atoms with Gasteiger partial charge in [-0.1, -0.05) is 23.9 Å². The lowest BCUT2D eigenvalue weighted by molar-refractivity contribution is -0.137. The van der Waals surface area contributed by atoms with Gasteiger partial charge < -0.3 is 10.6 Å². The molecule has 2 nitrogen and oxygen atoms in total. The summed E-state index contributed by atoms with van der Waals surface area (Å²) in [7, 11) is 0. The van der Waals surface area contributed by atoms with Crippen molar-refractivity contribution in [1.82, 2.24) is 0 Å². The molecule has 0 aliphatic carbocycles. The van der Waals surface area contributed by atoms with Crippen LogP contribution in [0.1, 0.15) is 5.56 Å². The highest BCUT2D eigenvalue weighted by Crippen LogP contribution is 2.39. The Morgan fingerprint density at radius 2 is 1.94 bits per heavy atom. The van der Waals surface area contributed by atoms with Crippen LogP contribution in [0.15, 0.2) is 35.9 Å². The molecule has 0 fully saturated rings. The number of anilines is 1. The minimum absolute atomic E-state index is 0.0868. The van der Waals surface area contributed by atoms with Crippen molar-refractivity contribution in [1.29, 1.82) is 0 Å². The summed E-state index contributed by atoms with van der Waals surface area (Å²) >= 11 is 1.28. The molecule has 0 saturated heterocycles. The zero-order valence-electron chi connectivity index (χ0n) is 8.11. The summed E-state index contributed by atoms with van der Waals surface area (Å²) in [6.07, 6.45) is -2.81. The Bertz CT molecular complexity index is 417. The summed E-state index contributed by atoms with van der Waals surface area (Å²) in [5, 5.41) is 1.68. The van der Waals surface area contributed by atoms with Gasteiger partial charge in [0.05, 0.1) is 11.3 Å². The first-order chi connectivity index (χ1) is 7.50. The van der Waals surface area contributed by atoms with Gasteiger partial charge in [-0.05, 0) is 17.5 Å². The molecule has 2 rings (SSSR count). The molecule has 0 aromatic heterocycles. The molecule has 1 aliphatic rings. The number of nitrogens with two attached hydrogens (primary N) is 1. The zero-order chi connectivity index (χ0) is 11.8. The second-order valence-electron chi connectivity index (χ2n) is 3.23. The Kier molecular flexibility index (Phi) is 2.86. The molecule has 16 heavy (non-hydrogen) atoms. The maximum atomic E-state index is 12.7. The summed E-state index contributed by atoms with van der Waals surface area (Å²) in [6, 6.07) is 5.40. The van der Waals surface area contributed by atoms with Gasteiger partial charge in [0.25, 0.3) is 0 Å². The molecular weight excluding hydrogens is 237 g/mol. The number of halogens is 3. The van der Waals surface area contributed by atoms with Gasteiger partial charge >= 0.3 is 6.18 Å². The van der Waals surface area contributed by atoms with Crippen molar-refractivity contribution in [3.05, 3.63) is 41.4 Å². The lowest BCUT2D eigenvalue weighted by Gasteiger charge is -2.24. The number of thioether (sulfide) groups is 1. The molecule has 0 radical (unpaired) electrons. The first kappa shape index (κ1) is 11.3. The minimum Gasteiger partial charge on any atom is -0.322 e. The summed E-state index contributed by atoms with van der Waals surface area (Å²) in [6.45, 7) is 0. The molecule has 86 valence electrons. The van der Waals surface area contributed by atoms with Crippen molar-refractivity contribution in [2.45, 2.75) is 11.7 Å². The summed E-state index contributed by atoms with van der Waals surface area (Å²) in [5.41, 5.74) is 4.60. The van der Waals surface area contributed by atoms with E-state index in [1.54, 1.807) is 17.7 Å². The van der Waals surface area contributed by atoms with Crippen LogP contribution in [0.3, 0.4) is 0 Å². The number of para-hydroxylation sites is 1. The van der Waals surface area contributed by atoms with E-state index in [0.717, 1.165) is 6.07 Å². The maximum absolute atomic E-state index is 12.7. The van der Waals surface area contributed by atoms with Crippen LogP contribution < -0.4 is 10.6 Å². The molecule has 1 aromatic rings. The molecule has 0 spiro atoms. The fourth-order valence-corrected chi connectivity index (χ4v) is 2.16. The van der Waals surface area contributed by atoms with Crippen molar-refractivity contribution in [3.63, 3.8) is 0 Å². The summed E-state index contributed by atoms with van der Waals surface area (Å²) in [5.74, 6) is 0. The van der Waals surface area contributed by atoms with Crippen molar-refractivity contribution >= 4 is 17.4 Å². The Hall–Kier alpha value is -1.14. The van der Waals surface area contributed by atoms with Gasteiger partial charge in [-0.15, -0.1) is 0 Å². The quantitative estimate of drug-likeness (QED) is 0.826. The average molecular weight is 246 g/mol. The van der Waals surface area contributed by atoms with Crippen molar-refractivity contribution in [3.8, 4) is 0 Å². The number of nitrogens with zero attached hydrogens (tertiary/aromatic N) is 1. The fourth-order valence-electron chi connectivity index (χ4n) is 1.49. The first-order valence-electron chi connectivity index (χ1n) is 4.52. The highest BCUT2D eigenvalue weighted by Gasteiger charge is 2.35. The highest BCUT2D eigenvalue weighted by atomic mass is 32.2. The van der Waals surface area contributed by atoms with Crippen LogP contribution in [0.4, 0.5) is 18.9 Å². The van der Waals surface area contributed by atoms with E-state index in [4.69, 9.17) is 5.73 Å². The van der Waals surface area contributed by atoms with E-state index < -0.39 is 17.2 Å². The van der Waals surface area contributed by atoms with Gasteiger partial charge in [-0.25, -0.2) is 0 Å². The SMILES string of the molecule is NC1SC=CN1c1ccccc1C(F)(F)F. The number of alkyl halides is 3. The third-order valence-corrected chi connectivity index (χ3v) is 2.99. The topological polar surface area (TPSA) is 29.3 Å². The lowest BCUT2D eigenvalue weighted by Crippen LogP contribution is -2.33. The van der Waals surface area contributed by atoms with E-state index in [-0.39, 0.29) is 5.69 Å². The van der Waals surface area contributed by atoms with Crippen LogP contribution in [-0.2, 0) is 6.18 Å². The van der Waals surface area contributed by atoms with Crippen LogP contribution in [-0.4, -0.2) is 5.50 Å². The normalized spacial score (nSPS) is 20.5. The molecule has 1 aliphatic heterocycles. The molecule has 0 amide bonds. The van der Waals surface area contributed by atoms with E-state index in [2.05, 4.69) is 0 Å². The minimum atomic E-state index is -4.36. The third-order valence-electron chi connectivity index (χ3n) is 2.20. The van der Waals surface area contributed by atoms with Gasteiger partial charge in [0.1, 0.15) is 5.50 Å². The van der Waals surface area contributed by atoms with Crippen LogP contribution in [0.25, 0.3) is 0 Å². The Labute approximate surface area is 94.9 Å². The second-order valence-corrected chi connectivity index (χ2v) is 4.26.